The second-order valence-corrected chi connectivity index (χ2v) is 5.72. The Bertz CT molecular complexity index is 510. The predicted molar refractivity (Wildman–Crippen MR) is 97.2 cm³/mol. The Kier molecular flexibility index (Phi) is 13.8. The number of allylic oxidation sites excluding steroid dienone is 5. The fourth-order valence-corrected chi connectivity index (χ4v) is 2.20. The molecule has 7 nitrogen and oxygen atoms in total. The molecule has 0 rings (SSSR count). The largest absolute Gasteiger partial charge is 0.303 e. The summed E-state index contributed by atoms with van der Waals surface area (Å²) >= 11 is 0. The Hall–Kier alpha value is -2.31. The Labute approximate surface area is 148 Å². The Balaban J connectivity index is 4.56. The van der Waals surface area contributed by atoms with Gasteiger partial charge in [0.15, 0.2) is 0 Å². The zero-order valence-electron chi connectivity index (χ0n) is 14.9. The van der Waals surface area contributed by atoms with Crippen LogP contribution in [0.1, 0.15) is 71.1 Å². The van der Waals surface area contributed by atoms with E-state index < -0.39 is 9.85 Å². The first kappa shape index (κ1) is 22.7. The van der Waals surface area contributed by atoms with Gasteiger partial charge in [0.25, 0.3) is 0 Å². The molecule has 0 aromatic carbocycles. The maximum Gasteiger partial charge on any atom is 0.246 e. The van der Waals surface area contributed by atoms with Gasteiger partial charge in [0.05, 0.1) is 16.3 Å². The van der Waals surface area contributed by atoms with E-state index in [2.05, 4.69) is 6.92 Å². The number of carbonyl (C=O) groups excluding carboxylic acids is 1. The van der Waals surface area contributed by atoms with Gasteiger partial charge in [-0.1, -0.05) is 31.9 Å². The number of hydrogen-bond acceptors (Lipinski definition) is 5. The van der Waals surface area contributed by atoms with Crippen LogP contribution in [-0.4, -0.2) is 16.1 Å². The molecule has 0 aromatic heterocycles. The van der Waals surface area contributed by atoms with Gasteiger partial charge in [-0.05, 0) is 44.3 Å². The SMILES string of the molecule is CCCCC/C=C/C/C(=C/C/C=C(/CCCCC=O)[N+](=O)[O-])[N+](=O)[O-]. The van der Waals surface area contributed by atoms with Gasteiger partial charge >= 0.3 is 0 Å². The number of rotatable bonds is 15. The van der Waals surface area contributed by atoms with Gasteiger partial charge in [-0.25, -0.2) is 0 Å². The van der Waals surface area contributed by atoms with Crippen molar-refractivity contribution >= 4 is 6.29 Å². The van der Waals surface area contributed by atoms with Crippen molar-refractivity contribution < 1.29 is 14.6 Å². The molecule has 0 aliphatic heterocycles. The van der Waals surface area contributed by atoms with Gasteiger partial charge < -0.3 is 4.79 Å². The molecule has 0 aromatic rings. The number of unbranched alkanes of at least 4 members (excludes halogenated alkanes) is 5. The highest BCUT2D eigenvalue weighted by atomic mass is 16.6. The second-order valence-electron chi connectivity index (χ2n) is 5.72. The fraction of sp³-hybridized carbons (Fsp3) is 0.611. The minimum atomic E-state index is -0.464. The van der Waals surface area contributed by atoms with E-state index in [1.165, 1.54) is 12.2 Å². The quantitative estimate of drug-likeness (QED) is 0.136. The van der Waals surface area contributed by atoms with E-state index in [1.54, 1.807) is 6.08 Å². The van der Waals surface area contributed by atoms with E-state index in [0.29, 0.717) is 19.3 Å². The van der Waals surface area contributed by atoms with Crippen molar-refractivity contribution in [2.24, 2.45) is 0 Å². The van der Waals surface area contributed by atoms with Crippen LogP contribution in [0.2, 0.25) is 0 Å². The minimum Gasteiger partial charge on any atom is -0.303 e. The number of nitrogens with zero attached hydrogens (tertiary/aromatic N) is 2. The van der Waals surface area contributed by atoms with E-state index >= 15 is 0 Å². The molecule has 0 bridgehead atoms. The average molecular weight is 352 g/mol. The van der Waals surface area contributed by atoms with Crippen LogP contribution in [-0.2, 0) is 4.79 Å². The second kappa shape index (κ2) is 15.2. The lowest BCUT2D eigenvalue weighted by Crippen LogP contribution is -2.00. The summed E-state index contributed by atoms with van der Waals surface area (Å²) in [6.45, 7) is 2.12. The van der Waals surface area contributed by atoms with E-state index in [1.807, 2.05) is 6.08 Å². The third-order valence-corrected chi connectivity index (χ3v) is 3.65. The Morgan fingerprint density at radius 2 is 1.52 bits per heavy atom. The summed E-state index contributed by atoms with van der Waals surface area (Å²) in [6, 6.07) is 0. The lowest BCUT2D eigenvalue weighted by Gasteiger charge is -1.98. The summed E-state index contributed by atoms with van der Waals surface area (Å²) in [7, 11) is 0. The maximum absolute atomic E-state index is 11.0. The van der Waals surface area contributed by atoms with Crippen LogP contribution in [0.25, 0.3) is 0 Å². The molecule has 0 radical (unpaired) electrons. The number of carbonyl (C=O) groups is 1. The smallest absolute Gasteiger partial charge is 0.246 e. The highest BCUT2D eigenvalue weighted by Crippen LogP contribution is 2.12. The van der Waals surface area contributed by atoms with E-state index in [-0.39, 0.29) is 30.7 Å². The molecule has 0 N–H and O–H groups in total. The van der Waals surface area contributed by atoms with Gasteiger partial charge in [0.2, 0.25) is 11.4 Å². The van der Waals surface area contributed by atoms with Crippen molar-refractivity contribution in [3.8, 4) is 0 Å². The van der Waals surface area contributed by atoms with Crippen molar-refractivity contribution in [3.05, 3.63) is 55.9 Å². The topological polar surface area (TPSA) is 103 Å². The number of aldehydes is 1. The highest BCUT2D eigenvalue weighted by Gasteiger charge is 2.11. The predicted octanol–water partition coefficient (Wildman–Crippen LogP) is 4.98. The highest BCUT2D eigenvalue weighted by molar-refractivity contribution is 5.48. The summed E-state index contributed by atoms with van der Waals surface area (Å²) in [5.74, 6) is 0. The average Bonchev–Trinajstić information content (AvgIpc) is 2.57. The molecule has 0 fully saturated rings. The summed E-state index contributed by atoms with van der Waals surface area (Å²) < 4.78 is 0. The minimum absolute atomic E-state index is 0.0416. The van der Waals surface area contributed by atoms with Gasteiger partial charge in [-0.3, -0.25) is 20.2 Å². The van der Waals surface area contributed by atoms with E-state index in [9.17, 15) is 25.0 Å². The first-order valence-electron chi connectivity index (χ1n) is 8.78. The Morgan fingerprint density at radius 3 is 2.12 bits per heavy atom. The lowest BCUT2D eigenvalue weighted by atomic mass is 10.1. The maximum atomic E-state index is 11.0. The first-order valence-corrected chi connectivity index (χ1v) is 8.78. The van der Waals surface area contributed by atoms with Crippen LogP contribution < -0.4 is 0 Å². The molecule has 25 heavy (non-hydrogen) atoms. The molecule has 140 valence electrons. The van der Waals surface area contributed by atoms with Crippen molar-refractivity contribution in [3.63, 3.8) is 0 Å². The molecule has 0 unspecified atom stereocenters. The number of hydrogen-bond donors (Lipinski definition) is 0. The van der Waals surface area contributed by atoms with E-state index in [4.69, 9.17) is 0 Å². The van der Waals surface area contributed by atoms with Gasteiger partial charge in [-0.15, -0.1) is 0 Å². The third kappa shape index (κ3) is 12.7. The molecule has 0 amide bonds. The van der Waals surface area contributed by atoms with Crippen LogP contribution in [0.15, 0.2) is 35.7 Å². The first-order chi connectivity index (χ1) is 12.0. The molecule has 0 saturated carbocycles. The van der Waals surface area contributed by atoms with Crippen LogP contribution >= 0.6 is 0 Å². The molecule has 7 heteroatoms. The van der Waals surface area contributed by atoms with Crippen LogP contribution in [0.4, 0.5) is 0 Å². The van der Waals surface area contributed by atoms with Crippen LogP contribution in [0.5, 0.6) is 0 Å². The molecule has 0 aliphatic carbocycles. The zero-order valence-corrected chi connectivity index (χ0v) is 14.9. The summed E-state index contributed by atoms with van der Waals surface area (Å²) in [5.41, 5.74) is 0.0894. The molecular formula is C18H28N2O5. The van der Waals surface area contributed by atoms with Crippen molar-refractivity contribution in [2.45, 2.75) is 71.1 Å². The molecule has 0 heterocycles. The molecule has 0 saturated heterocycles. The van der Waals surface area contributed by atoms with Gasteiger partial charge in [0.1, 0.15) is 6.29 Å². The molecular weight excluding hydrogens is 324 g/mol. The van der Waals surface area contributed by atoms with Crippen LogP contribution in [0, 0.1) is 20.2 Å². The van der Waals surface area contributed by atoms with Crippen molar-refractivity contribution in [1.82, 2.24) is 0 Å². The fourth-order valence-electron chi connectivity index (χ4n) is 2.20. The van der Waals surface area contributed by atoms with Crippen molar-refractivity contribution in [2.75, 3.05) is 0 Å². The Morgan fingerprint density at radius 1 is 0.880 bits per heavy atom. The van der Waals surface area contributed by atoms with Crippen LogP contribution in [0.3, 0.4) is 0 Å². The number of nitro groups is 2. The zero-order chi connectivity index (χ0) is 18.9. The molecule has 0 aliphatic rings. The van der Waals surface area contributed by atoms with Gasteiger partial charge in [-0.2, -0.15) is 0 Å². The third-order valence-electron chi connectivity index (χ3n) is 3.65. The van der Waals surface area contributed by atoms with Crippen molar-refractivity contribution in [1.29, 1.82) is 0 Å². The molecule has 0 atom stereocenters. The summed E-state index contributed by atoms with van der Waals surface area (Å²) in [4.78, 5) is 31.3. The summed E-state index contributed by atoms with van der Waals surface area (Å²) in [6.07, 6.45) is 13.8. The summed E-state index contributed by atoms with van der Waals surface area (Å²) in [5, 5.41) is 22.0. The lowest BCUT2D eigenvalue weighted by molar-refractivity contribution is -0.428. The molecule has 0 spiro atoms. The standard InChI is InChI=1S/C18H28N2O5/c1-2-3-4-5-6-8-12-17(19(22)23)14-11-15-18(20(24)25)13-9-7-10-16-21/h6,8,14-16H,2-5,7,9-13H2,1H3/b8-6+,17-14-,18-15-. The van der Waals surface area contributed by atoms with Gasteiger partial charge in [0, 0.05) is 12.8 Å². The van der Waals surface area contributed by atoms with E-state index in [0.717, 1.165) is 32.0 Å². The monoisotopic (exact) mass is 352 g/mol. The normalized spacial score (nSPS) is 12.5.